The fourth-order valence-corrected chi connectivity index (χ4v) is 3.75. The summed E-state index contributed by atoms with van der Waals surface area (Å²) in [7, 11) is 0. The van der Waals surface area contributed by atoms with Crippen molar-refractivity contribution in [2.24, 2.45) is 0 Å². The normalized spacial score (nSPS) is 10.4. The van der Waals surface area contributed by atoms with Gasteiger partial charge in [0, 0.05) is 10.9 Å². The Morgan fingerprint density at radius 2 is 1.76 bits per heavy atom. The van der Waals surface area contributed by atoms with Gasteiger partial charge in [-0.1, -0.05) is 29.8 Å². The van der Waals surface area contributed by atoms with E-state index in [9.17, 15) is 9.59 Å². The molecule has 6 nitrogen and oxygen atoms in total. The molecule has 3 aromatic rings. The van der Waals surface area contributed by atoms with Crippen LogP contribution in [0.2, 0.25) is 0 Å². The minimum absolute atomic E-state index is 0.00903. The molecular formula is C21H21N3O3S2. The van der Waals surface area contributed by atoms with E-state index >= 15 is 0 Å². The van der Waals surface area contributed by atoms with Crippen LogP contribution in [0.3, 0.4) is 0 Å². The Kier molecular flexibility index (Phi) is 6.79. The lowest BCUT2D eigenvalue weighted by atomic mass is 10.1. The van der Waals surface area contributed by atoms with Gasteiger partial charge in [-0.25, -0.2) is 0 Å². The summed E-state index contributed by atoms with van der Waals surface area (Å²) in [6, 6.07) is 14.7. The number of hydrazine groups is 1. The smallest absolute Gasteiger partial charge is 0.269 e. The van der Waals surface area contributed by atoms with Crippen LogP contribution in [0.4, 0.5) is 0 Å². The van der Waals surface area contributed by atoms with E-state index in [1.54, 1.807) is 28.8 Å². The highest BCUT2D eigenvalue weighted by Crippen LogP contribution is 2.24. The summed E-state index contributed by atoms with van der Waals surface area (Å²) in [5.41, 5.74) is 8.29. The number of nitrogens with zero attached hydrogens (tertiary/aromatic N) is 1. The van der Waals surface area contributed by atoms with E-state index < -0.39 is 5.91 Å². The van der Waals surface area contributed by atoms with Gasteiger partial charge in [-0.2, -0.15) is 0 Å². The maximum Gasteiger partial charge on any atom is 0.269 e. The summed E-state index contributed by atoms with van der Waals surface area (Å²) < 4.78 is 7.69. The Morgan fingerprint density at radius 3 is 2.41 bits per heavy atom. The molecule has 1 heterocycles. The molecule has 0 radical (unpaired) electrons. The molecule has 2 amide bonds. The molecule has 0 atom stereocenters. The molecule has 2 N–H and O–H groups in total. The molecule has 0 aliphatic rings. The second kappa shape index (κ2) is 9.49. The number of ether oxygens (including phenoxy) is 1. The third-order valence-corrected chi connectivity index (χ3v) is 5.45. The molecule has 1 aromatic heterocycles. The van der Waals surface area contributed by atoms with Gasteiger partial charge in [-0.15, -0.1) is 11.3 Å². The predicted molar refractivity (Wildman–Crippen MR) is 117 cm³/mol. The first-order valence-electron chi connectivity index (χ1n) is 9.05. The predicted octanol–water partition coefficient (Wildman–Crippen LogP) is 4.11. The topological polar surface area (TPSA) is 72.4 Å². The highest BCUT2D eigenvalue weighted by Gasteiger charge is 2.12. The molecule has 8 heteroatoms. The van der Waals surface area contributed by atoms with Crippen molar-refractivity contribution in [3.05, 3.63) is 69.0 Å². The third kappa shape index (κ3) is 5.30. The van der Waals surface area contributed by atoms with Gasteiger partial charge in [0.15, 0.2) is 3.95 Å². The number of thiazole rings is 1. The van der Waals surface area contributed by atoms with Gasteiger partial charge >= 0.3 is 0 Å². The lowest BCUT2D eigenvalue weighted by Gasteiger charge is -2.11. The van der Waals surface area contributed by atoms with Crippen LogP contribution in [0.15, 0.2) is 53.9 Å². The minimum atomic E-state index is -0.408. The average molecular weight is 428 g/mol. The van der Waals surface area contributed by atoms with Crippen LogP contribution in [0.1, 0.15) is 22.8 Å². The van der Waals surface area contributed by atoms with Crippen LogP contribution in [0.5, 0.6) is 5.75 Å². The zero-order valence-electron chi connectivity index (χ0n) is 16.1. The van der Waals surface area contributed by atoms with E-state index in [-0.39, 0.29) is 12.5 Å². The van der Waals surface area contributed by atoms with E-state index in [4.69, 9.17) is 17.0 Å². The maximum absolute atomic E-state index is 12.4. The standard InChI is InChI=1S/C21H21N3O3S2/c1-3-27-17-10-8-16(9-11-17)20(26)23-22-19(25)12-24-18(13-29-21(24)28)15-6-4-14(2)5-7-15/h4-11,13H,3,12H2,1-2H3,(H,22,25)(H,23,26). The highest BCUT2D eigenvalue weighted by molar-refractivity contribution is 7.73. The van der Waals surface area contributed by atoms with Crippen molar-refractivity contribution >= 4 is 35.4 Å². The molecule has 0 saturated heterocycles. The molecule has 3 rings (SSSR count). The highest BCUT2D eigenvalue weighted by atomic mass is 32.1. The Morgan fingerprint density at radius 1 is 1.07 bits per heavy atom. The number of carbonyl (C=O) groups is 2. The molecule has 150 valence electrons. The van der Waals surface area contributed by atoms with Crippen LogP contribution < -0.4 is 15.6 Å². The van der Waals surface area contributed by atoms with Gasteiger partial charge in [0.2, 0.25) is 0 Å². The van der Waals surface area contributed by atoms with Gasteiger partial charge in [-0.3, -0.25) is 20.4 Å². The summed E-state index contributed by atoms with van der Waals surface area (Å²) in [5.74, 6) is -0.0928. The maximum atomic E-state index is 12.4. The number of aryl methyl sites for hydroxylation is 1. The van der Waals surface area contributed by atoms with Gasteiger partial charge in [0.1, 0.15) is 12.3 Å². The fourth-order valence-electron chi connectivity index (χ4n) is 2.68. The molecule has 2 aromatic carbocycles. The zero-order valence-corrected chi connectivity index (χ0v) is 17.7. The summed E-state index contributed by atoms with van der Waals surface area (Å²) in [5, 5.41) is 1.93. The summed E-state index contributed by atoms with van der Waals surface area (Å²) in [6.45, 7) is 4.47. The third-order valence-electron chi connectivity index (χ3n) is 4.17. The molecule has 0 spiro atoms. The molecule has 0 bridgehead atoms. The lowest BCUT2D eigenvalue weighted by molar-refractivity contribution is -0.122. The van der Waals surface area contributed by atoms with E-state index in [0.29, 0.717) is 21.9 Å². The second-order valence-electron chi connectivity index (χ2n) is 6.30. The van der Waals surface area contributed by atoms with E-state index in [2.05, 4.69) is 10.9 Å². The number of hydrogen-bond donors (Lipinski definition) is 2. The number of benzene rings is 2. The van der Waals surface area contributed by atoms with Crippen molar-refractivity contribution in [2.45, 2.75) is 20.4 Å². The molecule has 0 unspecified atom stereocenters. The molecule has 0 aliphatic carbocycles. The van der Waals surface area contributed by atoms with E-state index in [0.717, 1.165) is 16.8 Å². The Hall–Kier alpha value is -2.97. The molecule has 0 aliphatic heterocycles. The van der Waals surface area contributed by atoms with Crippen LogP contribution in [0.25, 0.3) is 11.3 Å². The van der Waals surface area contributed by atoms with Crippen molar-refractivity contribution < 1.29 is 14.3 Å². The Bertz CT molecular complexity index is 1050. The quantitative estimate of drug-likeness (QED) is 0.459. The number of aromatic nitrogens is 1. The summed E-state index contributed by atoms with van der Waals surface area (Å²) >= 11 is 6.76. The van der Waals surface area contributed by atoms with Crippen LogP contribution in [0, 0.1) is 10.9 Å². The molecule has 0 saturated carbocycles. The molecule has 29 heavy (non-hydrogen) atoms. The minimum Gasteiger partial charge on any atom is -0.494 e. The van der Waals surface area contributed by atoms with Gasteiger partial charge in [0.25, 0.3) is 11.8 Å². The van der Waals surface area contributed by atoms with Crippen LogP contribution in [-0.4, -0.2) is 23.0 Å². The van der Waals surface area contributed by atoms with E-state index in [1.165, 1.54) is 11.3 Å². The number of rotatable bonds is 6. The SMILES string of the molecule is CCOc1ccc(C(=O)NNC(=O)Cn2c(-c3ccc(C)cc3)csc2=S)cc1. The zero-order chi connectivity index (χ0) is 20.8. The lowest BCUT2D eigenvalue weighted by Crippen LogP contribution is -2.43. The second-order valence-corrected chi connectivity index (χ2v) is 7.80. The van der Waals surface area contributed by atoms with Crippen molar-refractivity contribution in [3.63, 3.8) is 0 Å². The van der Waals surface area contributed by atoms with Crippen molar-refractivity contribution in [1.29, 1.82) is 0 Å². The van der Waals surface area contributed by atoms with Crippen LogP contribution >= 0.6 is 23.6 Å². The number of hydrogen-bond acceptors (Lipinski definition) is 5. The number of nitrogens with one attached hydrogen (secondary N) is 2. The van der Waals surface area contributed by atoms with Crippen molar-refractivity contribution in [3.8, 4) is 17.0 Å². The van der Waals surface area contributed by atoms with Gasteiger partial charge in [0.05, 0.1) is 12.3 Å². The molecular weight excluding hydrogens is 406 g/mol. The summed E-state index contributed by atoms with van der Waals surface area (Å²) in [4.78, 5) is 24.6. The Balaban J connectivity index is 1.62. The van der Waals surface area contributed by atoms with E-state index in [1.807, 2.05) is 43.5 Å². The first-order chi connectivity index (χ1) is 14.0. The van der Waals surface area contributed by atoms with Gasteiger partial charge < -0.3 is 9.30 Å². The average Bonchev–Trinajstić information content (AvgIpc) is 3.08. The first-order valence-corrected chi connectivity index (χ1v) is 10.3. The summed E-state index contributed by atoms with van der Waals surface area (Å²) in [6.07, 6.45) is 0. The largest absolute Gasteiger partial charge is 0.494 e. The van der Waals surface area contributed by atoms with Crippen molar-refractivity contribution in [2.75, 3.05) is 6.61 Å². The molecule has 0 fully saturated rings. The number of amides is 2. The van der Waals surface area contributed by atoms with Crippen LogP contribution in [-0.2, 0) is 11.3 Å². The van der Waals surface area contributed by atoms with Crippen molar-refractivity contribution in [1.82, 2.24) is 15.4 Å². The van der Waals surface area contributed by atoms with Gasteiger partial charge in [-0.05, 0) is 55.9 Å². The first kappa shape index (κ1) is 20.8. The fraction of sp³-hybridized carbons (Fsp3) is 0.190. The Labute approximate surface area is 178 Å². The monoisotopic (exact) mass is 427 g/mol. The number of carbonyl (C=O) groups excluding carboxylic acids is 2.